The summed E-state index contributed by atoms with van der Waals surface area (Å²) in [5.74, 6) is 1.13. The van der Waals surface area contributed by atoms with Gasteiger partial charge in [0.2, 0.25) is 5.91 Å². The van der Waals surface area contributed by atoms with E-state index in [2.05, 4.69) is 12.2 Å². The van der Waals surface area contributed by atoms with E-state index in [1.54, 1.807) is 7.11 Å². The number of aromatic nitrogens is 1. The average molecular weight is 452 g/mol. The zero-order valence-electron chi connectivity index (χ0n) is 20.2. The monoisotopic (exact) mass is 451 g/mol. The van der Waals surface area contributed by atoms with Gasteiger partial charge >= 0.3 is 0 Å². The molecule has 2 aliphatic carbocycles. The van der Waals surface area contributed by atoms with Crippen LogP contribution in [0.1, 0.15) is 82.1 Å². The van der Waals surface area contributed by atoms with Crippen molar-refractivity contribution in [3.8, 4) is 5.75 Å². The molecule has 2 saturated carbocycles. The van der Waals surface area contributed by atoms with Crippen LogP contribution in [0.3, 0.4) is 0 Å². The molecule has 3 atom stereocenters. The standard InChI is InChI=1S/C27H37N3O3/c1-18-9-7-8-12-22(18)30-25(31)24-15-19-13-14-21(33-3)16-23(19)29(24)17-27(30,2)26(32)28-20-10-5-4-6-11-20/h13-16,18,20,22H,4-12,17H2,1-3H3,(H,28,32). The molecule has 6 heteroatoms. The van der Waals surface area contributed by atoms with Crippen molar-refractivity contribution in [1.82, 2.24) is 14.8 Å². The van der Waals surface area contributed by atoms with Crippen molar-refractivity contribution < 1.29 is 14.3 Å². The molecular formula is C27H37N3O3. The number of hydrogen-bond acceptors (Lipinski definition) is 3. The van der Waals surface area contributed by atoms with Crippen LogP contribution in [0.25, 0.3) is 10.9 Å². The molecule has 2 heterocycles. The summed E-state index contributed by atoms with van der Waals surface area (Å²) < 4.78 is 7.50. The summed E-state index contributed by atoms with van der Waals surface area (Å²) in [6.07, 6.45) is 10.0. The van der Waals surface area contributed by atoms with Gasteiger partial charge in [0.05, 0.1) is 19.2 Å². The molecule has 1 N–H and O–H groups in total. The highest BCUT2D eigenvalue weighted by molar-refractivity contribution is 6.04. The summed E-state index contributed by atoms with van der Waals surface area (Å²) in [5.41, 5.74) is 0.706. The van der Waals surface area contributed by atoms with E-state index in [0.29, 0.717) is 18.2 Å². The molecule has 1 aromatic heterocycles. The number of nitrogens with one attached hydrogen (secondary N) is 1. The third-order valence-electron chi connectivity index (χ3n) is 8.37. The van der Waals surface area contributed by atoms with E-state index in [1.807, 2.05) is 40.7 Å². The summed E-state index contributed by atoms with van der Waals surface area (Å²) in [6.45, 7) is 4.69. The van der Waals surface area contributed by atoms with Crippen molar-refractivity contribution >= 4 is 22.7 Å². The molecule has 0 bridgehead atoms. The van der Waals surface area contributed by atoms with Crippen molar-refractivity contribution in [1.29, 1.82) is 0 Å². The van der Waals surface area contributed by atoms with Crippen molar-refractivity contribution in [2.24, 2.45) is 5.92 Å². The number of hydrogen-bond donors (Lipinski definition) is 1. The van der Waals surface area contributed by atoms with Gasteiger partial charge in [-0.3, -0.25) is 9.59 Å². The number of fused-ring (bicyclic) bond motifs is 3. The first kappa shape index (κ1) is 22.3. The fraction of sp³-hybridized carbons (Fsp3) is 0.630. The number of carbonyl (C=O) groups excluding carboxylic acids is 2. The Hall–Kier alpha value is -2.50. The fourth-order valence-corrected chi connectivity index (χ4v) is 6.41. The number of carbonyl (C=O) groups is 2. The molecule has 1 aliphatic heterocycles. The van der Waals surface area contributed by atoms with E-state index in [-0.39, 0.29) is 23.9 Å². The van der Waals surface area contributed by atoms with Crippen LogP contribution in [-0.2, 0) is 11.3 Å². The molecule has 2 aromatic rings. The predicted octanol–water partition coefficient (Wildman–Crippen LogP) is 4.89. The van der Waals surface area contributed by atoms with Crippen LogP contribution in [0.5, 0.6) is 5.75 Å². The summed E-state index contributed by atoms with van der Waals surface area (Å²) >= 11 is 0. The van der Waals surface area contributed by atoms with E-state index in [4.69, 9.17) is 4.74 Å². The highest BCUT2D eigenvalue weighted by atomic mass is 16.5. The first-order valence-electron chi connectivity index (χ1n) is 12.7. The van der Waals surface area contributed by atoms with Crippen LogP contribution in [0, 0.1) is 5.92 Å². The Morgan fingerprint density at radius 2 is 1.79 bits per heavy atom. The van der Waals surface area contributed by atoms with E-state index < -0.39 is 5.54 Å². The van der Waals surface area contributed by atoms with Gasteiger partial charge in [0.15, 0.2) is 0 Å². The maximum absolute atomic E-state index is 14.1. The average Bonchev–Trinajstić information content (AvgIpc) is 3.18. The Balaban J connectivity index is 1.58. The van der Waals surface area contributed by atoms with Gasteiger partial charge in [-0.25, -0.2) is 0 Å². The van der Waals surface area contributed by atoms with Crippen LogP contribution in [-0.4, -0.2) is 46.0 Å². The lowest BCUT2D eigenvalue weighted by Crippen LogP contribution is -2.68. The van der Waals surface area contributed by atoms with Crippen molar-refractivity contribution in [3.05, 3.63) is 30.0 Å². The maximum Gasteiger partial charge on any atom is 0.271 e. The Morgan fingerprint density at radius 3 is 2.52 bits per heavy atom. The third kappa shape index (κ3) is 3.81. The molecule has 0 spiro atoms. The van der Waals surface area contributed by atoms with E-state index in [0.717, 1.165) is 61.6 Å². The molecular weight excluding hydrogens is 414 g/mol. The minimum Gasteiger partial charge on any atom is -0.497 e. The minimum absolute atomic E-state index is 0.00378. The largest absolute Gasteiger partial charge is 0.497 e. The molecule has 2 fully saturated rings. The van der Waals surface area contributed by atoms with E-state index in [1.165, 1.54) is 12.8 Å². The lowest BCUT2D eigenvalue weighted by atomic mass is 9.80. The first-order chi connectivity index (χ1) is 15.9. The molecule has 2 amide bonds. The van der Waals surface area contributed by atoms with Gasteiger partial charge in [0.25, 0.3) is 5.91 Å². The summed E-state index contributed by atoms with van der Waals surface area (Å²) in [4.78, 5) is 30.0. The van der Waals surface area contributed by atoms with Crippen molar-refractivity contribution in [2.75, 3.05) is 7.11 Å². The Morgan fingerprint density at radius 1 is 1.06 bits per heavy atom. The van der Waals surface area contributed by atoms with E-state index >= 15 is 0 Å². The molecule has 6 nitrogen and oxygen atoms in total. The summed E-state index contributed by atoms with van der Waals surface area (Å²) in [6, 6.07) is 8.19. The number of nitrogens with zero attached hydrogens (tertiary/aromatic N) is 2. The lowest BCUT2D eigenvalue weighted by molar-refractivity contribution is -0.136. The van der Waals surface area contributed by atoms with Crippen LogP contribution in [0.2, 0.25) is 0 Å². The van der Waals surface area contributed by atoms with Gasteiger partial charge in [0, 0.05) is 23.5 Å². The molecule has 33 heavy (non-hydrogen) atoms. The Bertz CT molecular complexity index is 1050. The predicted molar refractivity (Wildman–Crippen MR) is 130 cm³/mol. The highest BCUT2D eigenvalue weighted by Crippen LogP contribution is 2.40. The fourth-order valence-electron chi connectivity index (χ4n) is 6.41. The number of methoxy groups -OCH3 is 1. The summed E-state index contributed by atoms with van der Waals surface area (Å²) in [7, 11) is 1.65. The zero-order valence-corrected chi connectivity index (χ0v) is 20.2. The van der Waals surface area contributed by atoms with Crippen molar-refractivity contribution in [2.45, 2.75) is 95.8 Å². The zero-order chi connectivity index (χ0) is 23.2. The van der Waals surface area contributed by atoms with Gasteiger partial charge in [-0.2, -0.15) is 0 Å². The quantitative estimate of drug-likeness (QED) is 0.720. The topological polar surface area (TPSA) is 63.6 Å². The summed E-state index contributed by atoms with van der Waals surface area (Å²) in [5, 5.41) is 4.36. The molecule has 1 aromatic carbocycles. The minimum atomic E-state index is -0.924. The third-order valence-corrected chi connectivity index (χ3v) is 8.37. The number of amides is 2. The Labute approximate surface area is 196 Å². The normalized spacial score (nSPS) is 28.6. The second-order valence-corrected chi connectivity index (χ2v) is 10.6. The molecule has 3 aliphatic rings. The van der Waals surface area contributed by atoms with Crippen molar-refractivity contribution in [3.63, 3.8) is 0 Å². The molecule has 0 radical (unpaired) electrons. The van der Waals surface area contributed by atoms with Crippen LogP contribution < -0.4 is 10.1 Å². The molecule has 178 valence electrons. The first-order valence-corrected chi connectivity index (χ1v) is 12.7. The van der Waals surface area contributed by atoms with Gasteiger partial charge < -0.3 is 19.5 Å². The SMILES string of the molecule is COc1ccc2cc3n(c2c1)CC(C)(C(=O)NC1CCCCC1)N(C1CCCCC1C)C3=O. The Kier molecular flexibility index (Phi) is 5.87. The van der Waals surface area contributed by atoms with E-state index in [9.17, 15) is 9.59 Å². The molecule has 3 unspecified atom stereocenters. The smallest absolute Gasteiger partial charge is 0.271 e. The lowest BCUT2D eigenvalue weighted by Gasteiger charge is -2.51. The van der Waals surface area contributed by atoms with Crippen LogP contribution in [0.4, 0.5) is 0 Å². The van der Waals surface area contributed by atoms with Gasteiger partial charge in [-0.05, 0) is 56.7 Å². The number of rotatable bonds is 4. The van der Waals surface area contributed by atoms with Gasteiger partial charge in [-0.15, -0.1) is 0 Å². The van der Waals surface area contributed by atoms with Crippen LogP contribution in [0.15, 0.2) is 24.3 Å². The van der Waals surface area contributed by atoms with Gasteiger partial charge in [-0.1, -0.05) is 39.0 Å². The molecule has 5 rings (SSSR count). The second kappa shape index (κ2) is 8.69. The second-order valence-electron chi connectivity index (χ2n) is 10.6. The van der Waals surface area contributed by atoms with Gasteiger partial charge in [0.1, 0.15) is 17.0 Å². The highest BCUT2D eigenvalue weighted by Gasteiger charge is 2.51. The molecule has 0 saturated heterocycles. The number of benzene rings is 1. The van der Waals surface area contributed by atoms with Crippen LogP contribution >= 0.6 is 0 Å². The number of ether oxygens (including phenoxy) is 1. The maximum atomic E-state index is 14.1.